The topological polar surface area (TPSA) is 56.9 Å². The lowest BCUT2D eigenvalue weighted by Crippen LogP contribution is -2.15. The molecule has 0 unspecified atom stereocenters. The van der Waals surface area contributed by atoms with Gasteiger partial charge in [0.05, 0.1) is 29.7 Å². The van der Waals surface area contributed by atoms with Gasteiger partial charge in [0, 0.05) is 26.2 Å². The summed E-state index contributed by atoms with van der Waals surface area (Å²) in [6.07, 6.45) is 1.82. The fourth-order valence-corrected chi connectivity index (χ4v) is 2.13. The molecule has 0 aliphatic heterocycles. The summed E-state index contributed by atoms with van der Waals surface area (Å²) in [5, 5.41) is 12.9. The van der Waals surface area contributed by atoms with Gasteiger partial charge in [-0.05, 0) is 18.2 Å². The summed E-state index contributed by atoms with van der Waals surface area (Å²) < 4.78 is 2.00. The van der Waals surface area contributed by atoms with Gasteiger partial charge < -0.3 is 14.8 Å². The maximum atomic E-state index is 9.08. The summed E-state index contributed by atoms with van der Waals surface area (Å²) in [7, 11) is 5.86. The number of anilines is 2. The maximum absolute atomic E-state index is 9.08. The highest BCUT2D eigenvalue weighted by atomic mass is 35.5. The van der Waals surface area contributed by atoms with Crippen molar-refractivity contribution in [1.82, 2.24) is 9.55 Å². The second kappa shape index (κ2) is 5.85. The van der Waals surface area contributed by atoms with E-state index in [0.717, 1.165) is 17.3 Å². The molecule has 0 spiro atoms. The highest BCUT2D eigenvalue weighted by Gasteiger charge is 2.09. The average Bonchev–Trinajstić information content (AvgIpc) is 2.78. The second-order valence-electron chi connectivity index (χ2n) is 4.66. The lowest BCUT2D eigenvalue weighted by molar-refractivity contribution is 0.814. The molecule has 1 aromatic heterocycles. The Kier molecular flexibility index (Phi) is 4.16. The Morgan fingerprint density at radius 3 is 2.80 bits per heavy atom. The largest absolute Gasteiger partial charge is 0.378 e. The first-order valence-electron chi connectivity index (χ1n) is 6.14. The molecule has 2 rings (SSSR count). The number of aromatic nitrogens is 2. The average molecular weight is 290 g/mol. The van der Waals surface area contributed by atoms with Crippen molar-refractivity contribution in [3.05, 3.63) is 40.7 Å². The zero-order chi connectivity index (χ0) is 14.7. The maximum Gasteiger partial charge on any atom is 0.204 e. The molecule has 1 aromatic carbocycles. The van der Waals surface area contributed by atoms with Crippen LogP contribution in [0.15, 0.2) is 24.4 Å². The summed E-state index contributed by atoms with van der Waals surface area (Å²) >= 11 is 5.96. The standard InChI is InChI=1S/C14H16ClN5/c1-19(2)14-18-9-12(20(14)3)8-17-13-6-11(15)5-4-10(13)7-16/h4-6,9,17H,8H2,1-3H3. The van der Waals surface area contributed by atoms with Crippen LogP contribution >= 0.6 is 11.6 Å². The van der Waals surface area contributed by atoms with Gasteiger partial charge in [-0.3, -0.25) is 0 Å². The van der Waals surface area contributed by atoms with E-state index in [2.05, 4.69) is 16.4 Å². The summed E-state index contributed by atoms with van der Waals surface area (Å²) in [4.78, 5) is 6.29. The Morgan fingerprint density at radius 2 is 2.20 bits per heavy atom. The van der Waals surface area contributed by atoms with Gasteiger partial charge in [-0.2, -0.15) is 5.26 Å². The van der Waals surface area contributed by atoms with Crippen molar-refractivity contribution < 1.29 is 0 Å². The first-order chi connectivity index (χ1) is 9.52. The molecule has 0 aliphatic rings. The summed E-state index contributed by atoms with van der Waals surface area (Å²) in [6.45, 7) is 0.576. The molecule has 1 N–H and O–H groups in total. The van der Waals surface area contributed by atoms with Crippen LogP contribution in [0.1, 0.15) is 11.3 Å². The normalized spacial score (nSPS) is 10.2. The van der Waals surface area contributed by atoms with Crippen molar-refractivity contribution in [3.8, 4) is 6.07 Å². The molecule has 0 atom stereocenters. The van der Waals surface area contributed by atoms with Crippen LogP contribution < -0.4 is 10.2 Å². The number of nitriles is 1. The van der Waals surface area contributed by atoms with E-state index in [0.29, 0.717) is 17.1 Å². The lowest BCUT2D eigenvalue weighted by Gasteiger charge is -2.13. The third-order valence-corrected chi connectivity index (χ3v) is 3.26. The monoisotopic (exact) mass is 289 g/mol. The van der Waals surface area contributed by atoms with E-state index < -0.39 is 0 Å². The van der Waals surface area contributed by atoms with E-state index in [4.69, 9.17) is 16.9 Å². The van der Waals surface area contributed by atoms with Crippen molar-refractivity contribution in [2.24, 2.45) is 7.05 Å². The number of imidazole rings is 1. The summed E-state index contributed by atoms with van der Waals surface area (Å²) in [5.41, 5.74) is 2.33. The molecule has 20 heavy (non-hydrogen) atoms. The minimum atomic E-state index is 0.574. The van der Waals surface area contributed by atoms with Crippen molar-refractivity contribution >= 4 is 23.2 Å². The molecule has 2 aromatic rings. The fraction of sp³-hybridized carbons (Fsp3) is 0.286. The molecule has 0 saturated carbocycles. The first-order valence-corrected chi connectivity index (χ1v) is 6.52. The molecule has 5 nitrogen and oxygen atoms in total. The second-order valence-corrected chi connectivity index (χ2v) is 5.09. The molecule has 104 valence electrons. The number of benzene rings is 1. The van der Waals surface area contributed by atoms with Gasteiger partial charge in [0.25, 0.3) is 0 Å². The van der Waals surface area contributed by atoms with E-state index in [1.54, 1.807) is 18.2 Å². The number of halogens is 1. The minimum absolute atomic E-state index is 0.574. The van der Waals surface area contributed by atoms with E-state index in [1.165, 1.54) is 0 Å². The highest BCUT2D eigenvalue weighted by Crippen LogP contribution is 2.21. The molecular formula is C14H16ClN5. The number of rotatable bonds is 4. The van der Waals surface area contributed by atoms with Crippen LogP contribution in [0.5, 0.6) is 0 Å². The van der Waals surface area contributed by atoms with Crippen LogP contribution in [-0.4, -0.2) is 23.6 Å². The lowest BCUT2D eigenvalue weighted by atomic mass is 10.2. The summed E-state index contributed by atoms with van der Waals surface area (Å²) in [6, 6.07) is 7.31. The Balaban J connectivity index is 2.17. The van der Waals surface area contributed by atoms with Crippen molar-refractivity contribution in [2.75, 3.05) is 24.3 Å². The molecule has 1 heterocycles. The predicted molar refractivity (Wildman–Crippen MR) is 81.0 cm³/mol. The van der Waals surface area contributed by atoms with E-state index in [9.17, 15) is 0 Å². The van der Waals surface area contributed by atoms with Gasteiger partial charge in [-0.25, -0.2) is 4.98 Å². The fourth-order valence-electron chi connectivity index (χ4n) is 1.96. The van der Waals surface area contributed by atoms with Gasteiger partial charge in [0.15, 0.2) is 0 Å². The molecule has 0 bridgehead atoms. The molecule has 0 amide bonds. The van der Waals surface area contributed by atoms with Crippen LogP contribution in [0.25, 0.3) is 0 Å². The van der Waals surface area contributed by atoms with Crippen molar-refractivity contribution in [2.45, 2.75) is 6.54 Å². The van der Waals surface area contributed by atoms with Gasteiger partial charge in [0.1, 0.15) is 6.07 Å². The highest BCUT2D eigenvalue weighted by molar-refractivity contribution is 6.30. The Hall–Kier alpha value is -2.19. The number of hydrogen-bond donors (Lipinski definition) is 1. The predicted octanol–water partition coefficient (Wildman–Crippen LogP) is 2.62. The quantitative estimate of drug-likeness (QED) is 0.940. The minimum Gasteiger partial charge on any atom is -0.378 e. The zero-order valence-electron chi connectivity index (χ0n) is 11.7. The van der Waals surface area contributed by atoms with Crippen molar-refractivity contribution in [1.29, 1.82) is 5.26 Å². The van der Waals surface area contributed by atoms with E-state index >= 15 is 0 Å². The van der Waals surface area contributed by atoms with Gasteiger partial charge in [0.2, 0.25) is 5.95 Å². The molecule has 0 aliphatic carbocycles. The molecular weight excluding hydrogens is 274 g/mol. The molecule has 0 fully saturated rings. The smallest absolute Gasteiger partial charge is 0.204 e. The summed E-state index contributed by atoms with van der Waals surface area (Å²) in [5.74, 6) is 0.883. The third-order valence-electron chi connectivity index (χ3n) is 3.02. The molecule has 0 saturated heterocycles. The van der Waals surface area contributed by atoms with Crippen LogP contribution in [0, 0.1) is 11.3 Å². The number of nitrogens with one attached hydrogen (secondary N) is 1. The van der Waals surface area contributed by atoms with Crippen LogP contribution in [0.4, 0.5) is 11.6 Å². The molecule has 0 radical (unpaired) electrons. The van der Waals surface area contributed by atoms with Gasteiger partial charge in [-0.1, -0.05) is 11.6 Å². The first kappa shape index (κ1) is 14.2. The Morgan fingerprint density at radius 1 is 1.45 bits per heavy atom. The zero-order valence-corrected chi connectivity index (χ0v) is 12.4. The van der Waals surface area contributed by atoms with Gasteiger partial charge >= 0.3 is 0 Å². The van der Waals surface area contributed by atoms with Gasteiger partial charge in [-0.15, -0.1) is 0 Å². The third kappa shape index (κ3) is 2.86. The number of nitrogens with zero attached hydrogens (tertiary/aromatic N) is 4. The van der Waals surface area contributed by atoms with E-state index in [-0.39, 0.29) is 0 Å². The Bertz CT molecular complexity index is 654. The van der Waals surface area contributed by atoms with Crippen LogP contribution in [0.2, 0.25) is 5.02 Å². The SMILES string of the molecule is CN(C)c1ncc(CNc2cc(Cl)ccc2C#N)n1C. The van der Waals surface area contributed by atoms with Crippen LogP contribution in [-0.2, 0) is 13.6 Å². The van der Waals surface area contributed by atoms with E-state index in [1.807, 2.05) is 36.8 Å². The van der Waals surface area contributed by atoms with Crippen LogP contribution in [0.3, 0.4) is 0 Å². The van der Waals surface area contributed by atoms with Crippen molar-refractivity contribution in [3.63, 3.8) is 0 Å². The molecule has 6 heteroatoms. The number of hydrogen-bond acceptors (Lipinski definition) is 4. The Labute approximate surface area is 123 Å².